The zero-order valence-corrected chi connectivity index (χ0v) is 10.2. The molecule has 5 heteroatoms. The average molecular weight is 258 g/mol. The molecule has 0 unspecified atom stereocenters. The summed E-state index contributed by atoms with van der Waals surface area (Å²) in [6, 6.07) is 1.17. The number of hydrogen-bond donors (Lipinski definition) is 0. The van der Waals surface area contributed by atoms with E-state index in [0.717, 1.165) is 0 Å². The van der Waals surface area contributed by atoms with Crippen LogP contribution in [0.1, 0.15) is 19.0 Å². The first-order valence-electron chi connectivity index (χ1n) is 4.53. The molecule has 0 bridgehead atoms. The average Bonchev–Trinajstić information content (AvgIpc) is 2.20. The van der Waals surface area contributed by atoms with Crippen molar-refractivity contribution in [3.05, 3.63) is 28.8 Å². The molecule has 0 aliphatic rings. The van der Waals surface area contributed by atoms with E-state index in [1.165, 1.54) is 30.9 Å². The van der Waals surface area contributed by atoms with Gasteiger partial charge in [-0.05, 0) is 12.0 Å². The third-order valence-electron chi connectivity index (χ3n) is 1.55. The molecule has 2 nitrogen and oxygen atoms in total. The Labute approximate surface area is 103 Å². The molecule has 0 atom stereocenters. The van der Waals surface area contributed by atoms with Gasteiger partial charge in [-0.3, -0.25) is 4.79 Å². The summed E-state index contributed by atoms with van der Waals surface area (Å²) >= 11 is 6.74. The molecular formula is C11H9ClFNOS. The lowest BCUT2D eigenvalue weighted by molar-refractivity contribution is -0.109. The highest BCUT2D eigenvalue weighted by molar-refractivity contribution is 8.13. The van der Waals surface area contributed by atoms with Crippen LogP contribution in [0.2, 0.25) is 5.02 Å². The van der Waals surface area contributed by atoms with E-state index in [2.05, 4.69) is 16.8 Å². The Kier molecular flexibility index (Phi) is 5.30. The lowest BCUT2D eigenvalue weighted by atomic mass is 10.3. The van der Waals surface area contributed by atoms with Gasteiger partial charge in [-0.1, -0.05) is 29.3 Å². The van der Waals surface area contributed by atoms with E-state index in [1.807, 2.05) is 0 Å². The molecular weight excluding hydrogens is 249 g/mol. The number of hydrogen-bond acceptors (Lipinski definition) is 3. The van der Waals surface area contributed by atoms with Gasteiger partial charge in [-0.2, -0.15) is 0 Å². The first-order valence-corrected chi connectivity index (χ1v) is 5.89. The normalized spacial score (nSPS) is 9.44. The number of halogens is 2. The molecule has 0 fully saturated rings. The van der Waals surface area contributed by atoms with Crippen molar-refractivity contribution in [2.75, 3.05) is 5.75 Å². The summed E-state index contributed by atoms with van der Waals surface area (Å²) in [4.78, 5) is 14.4. The molecule has 1 rings (SSSR count). The van der Waals surface area contributed by atoms with Gasteiger partial charge in [0.05, 0.1) is 5.02 Å². The van der Waals surface area contributed by atoms with E-state index in [9.17, 15) is 9.18 Å². The number of thioether (sulfide) groups is 1. The predicted octanol–water partition coefficient (Wildman–Crippen LogP) is 2.90. The fourth-order valence-corrected chi connectivity index (χ4v) is 1.53. The third kappa shape index (κ3) is 4.65. The fourth-order valence-electron chi connectivity index (χ4n) is 0.899. The van der Waals surface area contributed by atoms with Crippen molar-refractivity contribution in [1.82, 2.24) is 4.98 Å². The van der Waals surface area contributed by atoms with Gasteiger partial charge in [0, 0.05) is 25.3 Å². The van der Waals surface area contributed by atoms with Gasteiger partial charge in [-0.15, -0.1) is 0 Å². The number of rotatable bonds is 2. The Balaban J connectivity index is 2.53. The lowest BCUT2D eigenvalue weighted by Gasteiger charge is -1.93. The van der Waals surface area contributed by atoms with E-state index in [4.69, 9.17) is 11.6 Å². The second kappa shape index (κ2) is 6.51. The maximum atomic E-state index is 13.2. The number of carbonyl (C=O) groups excluding carboxylic acids is 1. The molecule has 1 aromatic rings. The van der Waals surface area contributed by atoms with E-state index >= 15 is 0 Å². The topological polar surface area (TPSA) is 30.0 Å². The lowest BCUT2D eigenvalue weighted by Crippen LogP contribution is -1.89. The second-order valence-electron chi connectivity index (χ2n) is 2.88. The molecule has 0 N–H and O–H groups in total. The molecule has 0 aromatic carbocycles. The molecule has 0 spiro atoms. The van der Waals surface area contributed by atoms with Crippen LogP contribution in [-0.4, -0.2) is 15.9 Å². The summed E-state index contributed by atoms with van der Waals surface area (Å²) in [5, 5.41) is 0.299. The third-order valence-corrected chi connectivity index (χ3v) is 2.57. The van der Waals surface area contributed by atoms with E-state index < -0.39 is 5.82 Å². The van der Waals surface area contributed by atoms with Crippen molar-refractivity contribution in [1.29, 1.82) is 0 Å². The highest BCUT2D eigenvalue weighted by atomic mass is 35.5. The minimum atomic E-state index is -0.528. The van der Waals surface area contributed by atoms with Crippen LogP contribution < -0.4 is 0 Å². The fraction of sp³-hybridized carbons (Fsp3) is 0.273. The van der Waals surface area contributed by atoms with Crippen LogP contribution in [0.3, 0.4) is 0 Å². The first kappa shape index (κ1) is 13.0. The summed E-state index contributed by atoms with van der Waals surface area (Å²) in [6.07, 6.45) is 1.87. The minimum Gasteiger partial charge on any atom is -0.288 e. The molecule has 0 saturated carbocycles. The largest absolute Gasteiger partial charge is 0.288 e. The molecule has 1 heterocycles. The Morgan fingerprint density at radius 2 is 2.44 bits per heavy atom. The van der Waals surface area contributed by atoms with Gasteiger partial charge in [0.15, 0.2) is 10.9 Å². The highest BCUT2D eigenvalue weighted by Gasteiger charge is 2.00. The van der Waals surface area contributed by atoms with Crippen molar-refractivity contribution in [2.45, 2.75) is 13.3 Å². The molecule has 0 radical (unpaired) electrons. The predicted molar refractivity (Wildman–Crippen MR) is 63.8 cm³/mol. The first-order chi connectivity index (χ1) is 7.59. The van der Waals surface area contributed by atoms with Gasteiger partial charge >= 0.3 is 0 Å². The van der Waals surface area contributed by atoms with Crippen LogP contribution in [0.15, 0.2) is 12.3 Å². The molecule has 1 aromatic heterocycles. The Morgan fingerprint density at radius 1 is 1.69 bits per heavy atom. The standard InChI is InChI=1S/C11H9ClFNOS/c1-8(15)16-5-3-2-4-11-10(13)6-9(12)7-14-11/h6-7H,3,5H2,1H3. The summed E-state index contributed by atoms with van der Waals surface area (Å²) in [5.41, 5.74) is 0.0808. The van der Waals surface area contributed by atoms with Crippen molar-refractivity contribution in [3.8, 4) is 11.8 Å². The minimum absolute atomic E-state index is 0.0533. The Bertz CT molecular complexity index is 453. The number of aromatic nitrogens is 1. The van der Waals surface area contributed by atoms with Gasteiger partial charge in [-0.25, -0.2) is 9.37 Å². The Morgan fingerprint density at radius 3 is 3.06 bits per heavy atom. The molecule has 0 aliphatic heterocycles. The van der Waals surface area contributed by atoms with Crippen LogP contribution in [0.5, 0.6) is 0 Å². The Hall–Kier alpha value is -1.05. The van der Waals surface area contributed by atoms with Crippen molar-refractivity contribution >= 4 is 28.5 Å². The zero-order chi connectivity index (χ0) is 12.0. The van der Waals surface area contributed by atoms with Crippen LogP contribution in [-0.2, 0) is 4.79 Å². The summed E-state index contributed by atoms with van der Waals surface area (Å²) in [6.45, 7) is 1.50. The van der Waals surface area contributed by atoms with Gasteiger partial charge in [0.2, 0.25) is 0 Å². The van der Waals surface area contributed by atoms with Crippen LogP contribution in [0, 0.1) is 17.7 Å². The van der Waals surface area contributed by atoms with E-state index in [0.29, 0.717) is 12.2 Å². The second-order valence-corrected chi connectivity index (χ2v) is 4.58. The molecule has 0 amide bonds. The van der Waals surface area contributed by atoms with Crippen LogP contribution >= 0.6 is 23.4 Å². The van der Waals surface area contributed by atoms with Crippen LogP contribution in [0.4, 0.5) is 4.39 Å². The maximum Gasteiger partial charge on any atom is 0.185 e. The highest BCUT2D eigenvalue weighted by Crippen LogP contribution is 2.10. The number of pyridine rings is 1. The van der Waals surface area contributed by atoms with Gasteiger partial charge < -0.3 is 0 Å². The quantitative estimate of drug-likeness (QED) is 0.603. The van der Waals surface area contributed by atoms with Gasteiger partial charge in [0.1, 0.15) is 5.69 Å². The van der Waals surface area contributed by atoms with Gasteiger partial charge in [0.25, 0.3) is 0 Å². The summed E-state index contributed by atoms with van der Waals surface area (Å²) in [7, 11) is 0. The molecule has 84 valence electrons. The summed E-state index contributed by atoms with van der Waals surface area (Å²) < 4.78 is 13.2. The SMILES string of the molecule is CC(=O)SCCC#Cc1ncc(Cl)cc1F. The zero-order valence-electron chi connectivity index (χ0n) is 8.59. The number of carbonyl (C=O) groups is 1. The van der Waals surface area contributed by atoms with Crippen molar-refractivity contribution < 1.29 is 9.18 Å². The molecule has 16 heavy (non-hydrogen) atoms. The molecule has 0 aliphatic carbocycles. The summed E-state index contributed by atoms with van der Waals surface area (Å²) in [5.74, 6) is 5.42. The van der Waals surface area contributed by atoms with Crippen molar-refractivity contribution in [3.63, 3.8) is 0 Å². The molecule has 0 saturated heterocycles. The van der Waals surface area contributed by atoms with Crippen LogP contribution in [0.25, 0.3) is 0 Å². The smallest absolute Gasteiger partial charge is 0.185 e. The number of nitrogens with zero attached hydrogens (tertiary/aromatic N) is 1. The van der Waals surface area contributed by atoms with E-state index in [1.54, 1.807) is 0 Å². The monoisotopic (exact) mass is 257 g/mol. The maximum absolute atomic E-state index is 13.2. The van der Waals surface area contributed by atoms with E-state index in [-0.39, 0.29) is 15.8 Å². The van der Waals surface area contributed by atoms with Crippen molar-refractivity contribution in [2.24, 2.45) is 0 Å².